The molecular weight excluding hydrogens is 296 g/mol. The fourth-order valence-electron chi connectivity index (χ4n) is 1.84. The van der Waals surface area contributed by atoms with Gasteiger partial charge in [0.25, 0.3) is 5.56 Å². The lowest BCUT2D eigenvalue weighted by molar-refractivity contribution is 0.506. The highest BCUT2D eigenvalue weighted by molar-refractivity contribution is 7.99. The Bertz CT molecular complexity index is 895. The number of aromatic amines is 1. The quantitative estimate of drug-likeness (QED) is 0.564. The Morgan fingerprint density at radius 1 is 1.10 bits per heavy atom. The summed E-state index contributed by atoms with van der Waals surface area (Å²) in [5.41, 5.74) is 6.24. The molecule has 7 heteroatoms. The van der Waals surface area contributed by atoms with Crippen LogP contribution in [0.4, 0.5) is 14.5 Å². The minimum Gasteiger partial charge on any atom is -0.399 e. The third-order valence-corrected chi connectivity index (χ3v) is 3.69. The smallest absolute Gasteiger partial charge is 0.259 e. The monoisotopic (exact) mass is 305 g/mol. The van der Waals surface area contributed by atoms with Gasteiger partial charge >= 0.3 is 0 Å². The molecule has 0 spiro atoms. The standard InChI is InChI=1S/C14H9F2N3OS/c15-10-3-2-8(6-11(10)16)21-14-18-12-4-1-7(17)5-9(12)13(20)19-14/h1-6H,17H2,(H,18,19,20). The topological polar surface area (TPSA) is 71.8 Å². The minimum absolute atomic E-state index is 0.295. The van der Waals surface area contributed by atoms with E-state index in [-0.39, 0.29) is 5.56 Å². The number of hydrogen-bond donors (Lipinski definition) is 2. The van der Waals surface area contributed by atoms with Crippen molar-refractivity contribution >= 4 is 28.4 Å². The van der Waals surface area contributed by atoms with Crippen LogP contribution in [0.2, 0.25) is 0 Å². The molecule has 0 saturated heterocycles. The molecule has 0 radical (unpaired) electrons. The molecular formula is C14H9F2N3OS. The van der Waals surface area contributed by atoms with E-state index in [0.29, 0.717) is 26.6 Å². The number of H-pyrrole nitrogens is 1. The lowest BCUT2D eigenvalue weighted by Crippen LogP contribution is -2.09. The highest BCUT2D eigenvalue weighted by Crippen LogP contribution is 2.26. The van der Waals surface area contributed by atoms with Crippen LogP contribution in [0.1, 0.15) is 0 Å². The van der Waals surface area contributed by atoms with E-state index >= 15 is 0 Å². The first-order valence-electron chi connectivity index (χ1n) is 5.95. The van der Waals surface area contributed by atoms with Gasteiger partial charge in [-0.1, -0.05) is 11.8 Å². The summed E-state index contributed by atoms with van der Waals surface area (Å²) in [5.74, 6) is -1.87. The molecule has 0 atom stereocenters. The lowest BCUT2D eigenvalue weighted by atomic mass is 10.2. The van der Waals surface area contributed by atoms with Gasteiger partial charge in [-0.2, -0.15) is 0 Å². The zero-order valence-electron chi connectivity index (χ0n) is 10.6. The maximum Gasteiger partial charge on any atom is 0.259 e. The number of halogens is 2. The second-order valence-corrected chi connectivity index (χ2v) is 5.39. The van der Waals surface area contributed by atoms with Gasteiger partial charge in [0.05, 0.1) is 10.9 Å². The number of benzene rings is 2. The van der Waals surface area contributed by atoms with Crippen molar-refractivity contribution in [2.45, 2.75) is 10.1 Å². The van der Waals surface area contributed by atoms with E-state index < -0.39 is 11.6 Å². The first-order chi connectivity index (χ1) is 10.0. The van der Waals surface area contributed by atoms with E-state index in [0.717, 1.165) is 23.9 Å². The van der Waals surface area contributed by atoms with Crippen LogP contribution >= 0.6 is 11.8 Å². The average molecular weight is 305 g/mol. The summed E-state index contributed by atoms with van der Waals surface area (Å²) < 4.78 is 26.0. The SMILES string of the molecule is Nc1ccc2nc(Sc3ccc(F)c(F)c3)[nH]c(=O)c2c1. The van der Waals surface area contributed by atoms with Gasteiger partial charge in [-0.25, -0.2) is 13.8 Å². The number of anilines is 1. The van der Waals surface area contributed by atoms with Gasteiger partial charge in [-0.3, -0.25) is 4.79 Å². The van der Waals surface area contributed by atoms with Gasteiger partial charge < -0.3 is 10.7 Å². The molecule has 1 heterocycles. The van der Waals surface area contributed by atoms with Crippen molar-refractivity contribution < 1.29 is 8.78 Å². The zero-order valence-corrected chi connectivity index (χ0v) is 11.4. The highest BCUT2D eigenvalue weighted by Gasteiger charge is 2.08. The van der Waals surface area contributed by atoms with Crippen molar-refractivity contribution in [1.82, 2.24) is 9.97 Å². The molecule has 0 aliphatic carbocycles. The van der Waals surface area contributed by atoms with Crippen LogP contribution in [0, 0.1) is 11.6 Å². The molecule has 106 valence electrons. The van der Waals surface area contributed by atoms with Crippen molar-refractivity contribution in [2.75, 3.05) is 5.73 Å². The molecule has 0 fully saturated rings. The van der Waals surface area contributed by atoms with E-state index in [2.05, 4.69) is 9.97 Å². The van der Waals surface area contributed by atoms with Crippen molar-refractivity contribution in [3.05, 3.63) is 58.4 Å². The Morgan fingerprint density at radius 2 is 1.90 bits per heavy atom. The fraction of sp³-hybridized carbons (Fsp3) is 0. The van der Waals surface area contributed by atoms with Crippen LogP contribution < -0.4 is 11.3 Å². The van der Waals surface area contributed by atoms with Gasteiger partial charge in [0, 0.05) is 10.6 Å². The van der Waals surface area contributed by atoms with Gasteiger partial charge in [-0.05, 0) is 36.4 Å². The fourth-order valence-corrected chi connectivity index (χ4v) is 2.64. The van der Waals surface area contributed by atoms with Crippen LogP contribution in [0.15, 0.2) is 51.2 Å². The minimum atomic E-state index is -0.948. The van der Waals surface area contributed by atoms with E-state index in [1.54, 1.807) is 12.1 Å². The van der Waals surface area contributed by atoms with Crippen LogP contribution in [-0.4, -0.2) is 9.97 Å². The Kier molecular flexibility index (Phi) is 3.34. The van der Waals surface area contributed by atoms with Crippen LogP contribution in [0.5, 0.6) is 0 Å². The summed E-state index contributed by atoms with van der Waals surface area (Å²) in [5, 5.41) is 0.674. The van der Waals surface area contributed by atoms with Crippen LogP contribution in [0.3, 0.4) is 0 Å². The number of nitrogens with zero attached hydrogens (tertiary/aromatic N) is 1. The summed E-state index contributed by atoms with van der Waals surface area (Å²) in [7, 11) is 0. The van der Waals surface area contributed by atoms with E-state index in [9.17, 15) is 13.6 Å². The number of nitrogens with two attached hydrogens (primary N) is 1. The van der Waals surface area contributed by atoms with E-state index in [1.165, 1.54) is 12.1 Å². The Hall–Kier alpha value is -2.41. The van der Waals surface area contributed by atoms with Gasteiger partial charge in [0.1, 0.15) is 0 Å². The second-order valence-electron chi connectivity index (χ2n) is 4.33. The van der Waals surface area contributed by atoms with Gasteiger partial charge in [0.2, 0.25) is 0 Å². The summed E-state index contributed by atoms with van der Waals surface area (Å²) in [6, 6.07) is 8.30. The Morgan fingerprint density at radius 3 is 2.67 bits per heavy atom. The van der Waals surface area contributed by atoms with Crippen molar-refractivity contribution in [1.29, 1.82) is 0 Å². The number of hydrogen-bond acceptors (Lipinski definition) is 4. The molecule has 3 aromatic rings. The maximum atomic E-state index is 13.2. The Balaban J connectivity index is 2.03. The molecule has 0 aliphatic rings. The number of rotatable bonds is 2. The van der Waals surface area contributed by atoms with Gasteiger partial charge in [-0.15, -0.1) is 0 Å². The molecule has 3 rings (SSSR count). The van der Waals surface area contributed by atoms with Crippen molar-refractivity contribution in [3.8, 4) is 0 Å². The summed E-state index contributed by atoms with van der Waals surface area (Å²) in [4.78, 5) is 19.2. The second kappa shape index (κ2) is 5.17. The summed E-state index contributed by atoms with van der Waals surface area (Å²) in [6.45, 7) is 0. The largest absolute Gasteiger partial charge is 0.399 e. The number of aromatic nitrogens is 2. The average Bonchev–Trinajstić information content (AvgIpc) is 2.44. The molecule has 0 bridgehead atoms. The molecule has 0 saturated carbocycles. The Labute approximate surface area is 122 Å². The van der Waals surface area contributed by atoms with Crippen LogP contribution in [-0.2, 0) is 0 Å². The molecule has 1 aromatic heterocycles. The van der Waals surface area contributed by atoms with Crippen molar-refractivity contribution in [3.63, 3.8) is 0 Å². The normalized spacial score (nSPS) is 11.0. The molecule has 0 amide bonds. The predicted molar refractivity (Wildman–Crippen MR) is 77.3 cm³/mol. The van der Waals surface area contributed by atoms with Crippen molar-refractivity contribution in [2.24, 2.45) is 0 Å². The van der Waals surface area contributed by atoms with Crippen LogP contribution in [0.25, 0.3) is 10.9 Å². The highest BCUT2D eigenvalue weighted by atomic mass is 32.2. The molecule has 21 heavy (non-hydrogen) atoms. The molecule has 3 N–H and O–H groups in total. The summed E-state index contributed by atoms with van der Waals surface area (Å²) >= 11 is 1.04. The van der Waals surface area contributed by atoms with E-state index in [1.807, 2.05) is 0 Å². The molecule has 0 aliphatic heterocycles. The summed E-state index contributed by atoms with van der Waals surface area (Å²) in [6.07, 6.45) is 0. The number of fused-ring (bicyclic) bond motifs is 1. The van der Waals surface area contributed by atoms with E-state index in [4.69, 9.17) is 5.73 Å². The molecule has 4 nitrogen and oxygen atoms in total. The first kappa shape index (κ1) is 13.6. The van der Waals surface area contributed by atoms with Gasteiger partial charge in [0.15, 0.2) is 16.8 Å². The zero-order chi connectivity index (χ0) is 15.0. The first-order valence-corrected chi connectivity index (χ1v) is 6.77. The maximum absolute atomic E-state index is 13.2. The lowest BCUT2D eigenvalue weighted by Gasteiger charge is -2.04. The third-order valence-electron chi connectivity index (χ3n) is 2.81. The molecule has 0 unspecified atom stereocenters. The number of nitrogen functional groups attached to an aromatic ring is 1. The third kappa shape index (κ3) is 2.73. The molecule has 2 aromatic carbocycles. The number of nitrogens with one attached hydrogen (secondary N) is 1. The predicted octanol–water partition coefficient (Wildman–Crippen LogP) is 2.93.